The average Bonchev–Trinajstić information content (AvgIpc) is 2.56. The van der Waals surface area contributed by atoms with E-state index < -0.39 is 0 Å². The number of hydrogen-bond donors (Lipinski definition) is 1. The van der Waals surface area contributed by atoms with E-state index in [-0.39, 0.29) is 0 Å². The molecule has 0 unspecified atom stereocenters. The van der Waals surface area contributed by atoms with Gasteiger partial charge in [0.2, 0.25) is 0 Å². The molecule has 2 heterocycles. The van der Waals surface area contributed by atoms with Crippen molar-refractivity contribution in [2.45, 2.75) is 32.4 Å². The van der Waals surface area contributed by atoms with Gasteiger partial charge in [0, 0.05) is 25.2 Å². The molecule has 3 heteroatoms. The molecule has 2 aliphatic heterocycles. The van der Waals surface area contributed by atoms with Crippen LogP contribution in [0.1, 0.15) is 18.1 Å². The molecule has 1 N–H and O–H groups in total. The number of rotatable bonds is 0. The van der Waals surface area contributed by atoms with Crippen LogP contribution in [-0.2, 0) is 6.42 Å². The maximum absolute atomic E-state index is 6.40. The van der Waals surface area contributed by atoms with Crippen LogP contribution >= 0.6 is 11.6 Å². The van der Waals surface area contributed by atoms with Gasteiger partial charge >= 0.3 is 0 Å². The van der Waals surface area contributed by atoms with Crippen molar-refractivity contribution in [3.8, 4) is 0 Å². The van der Waals surface area contributed by atoms with Gasteiger partial charge in [-0.15, -0.1) is 0 Å². The fourth-order valence-electron chi connectivity index (χ4n) is 3.09. The van der Waals surface area contributed by atoms with Gasteiger partial charge < -0.3 is 10.2 Å². The number of benzene rings is 1. The van der Waals surface area contributed by atoms with Gasteiger partial charge in [-0.2, -0.15) is 0 Å². The highest BCUT2D eigenvalue weighted by molar-refractivity contribution is 6.33. The summed E-state index contributed by atoms with van der Waals surface area (Å²) in [6.45, 7) is 6.52. The van der Waals surface area contributed by atoms with Crippen LogP contribution in [-0.4, -0.2) is 25.2 Å². The van der Waals surface area contributed by atoms with Gasteiger partial charge in [0.15, 0.2) is 0 Å². The molecule has 2 aliphatic rings. The zero-order valence-electron chi connectivity index (χ0n) is 9.76. The van der Waals surface area contributed by atoms with E-state index in [0.717, 1.165) is 24.5 Å². The first kappa shape index (κ1) is 10.4. The minimum Gasteiger partial charge on any atom is -0.362 e. The van der Waals surface area contributed by atoms with Crippen molar-refractivity contribution in [2.75, 3.05) is 18.0 Å². The summed E-state index contributed by atoms with van der Waals surface area (Å²) in [5, 5.41) is 4.41. The molecule has 2 atom stereocenters. The Morgan fingerprint density at radius 1 is 1.38 bits per heavy atom. The Morgan fingerprint density at radius 2 is 2.19 bits per heavy atom. The highest BCUT2D eigenvalue weighted by atomic mass is 35.5. The Balaban J connectivity index is 2.10. The number of nitrogens with one attached hydrogen (secondary N) is 1. The van der Waals surface area contributed by atoms with Crippen LogP contribution in [0.15, 0.2) is 12.1 Å². The van der Waals surface area contributed by atoms with Gasteiger partial charge in [-0.25, -0.2) is 0 Å². The molecule has 3 rings (SSSR count). The molecule has 86 valence electrons. The average molecular weight is 237 g/mol. The van der Waals surface area contributed by atoms with Crippen LogP contribution in [0.3, 0.4) is 0 Å². The Morgan fingerprint density at radius 3 is 3.00 bits per heavy atom. The quantitative estimate of drug-likeness (QED) is 0.744. The molecule has 0 spiro atoms. The van der Waals surface area contributed by atoms with Gasteiger partial charge in [-0.05, 0) is 37.5 Å². The summed E-state index contributed by atoms with van der Waals surface area (Å²) in [5.74, 6) is 0. The Labute approximate surface area is 102 Å². The lowest BCUT2D eigenvalue weighted by molar-refractivity contribution is 0.430. The minimum absolute atomic E-state index is 0.542. The highest BCUT2D eigenvalue weighted by Crippen LogP contribution is 2.40. The number of anilines is 1. The first-order valence-corrected chi connectivity index (χ1v) is 6.32. The number of fused-ring (bicyclic) bond motifs is 3. The lowest BCUT2D eigenvalue weighted by Crippen LogP contribution is -2.54. The molecule has 0 aromatic heterocycles. The van der Waals surface area contributed by atoms with E-state index in [9.17, 15) is 0 Å². The van der Waals surface area contributed by atoms with Crippen molar-refractivity contribution in [1.29, 1.82) is 0 Å². The summed E-state index contributed by atoms with van der Waals surface area (Å²) in [6, 6.07) is 5.50. The Bertz CT molecular complexity index is 430. The second-order valence-corrected chi connectivity index (χ2v) is 5.43. The monoisotopic (exact) mass is 236 g/mol. The zero-order valence-corrected chi connectivity index (χ0v) is 10.5. The predicted molar refractivity (Wildman–Crippen MR) is 68.5 cm³/mol. The molecule has 0 aliphatic carbocycles. The van der Waals surface area contributed by atoms with E-state index >= 15 is 0 Å². The number of aryl methyl sites for hydroxylation is 1. The second kappa shape index (κ2) is 3.64. The van der Waals surface area contributed by atoms with Crippen LogP contribution in [0.4, 0.5) is 5.69 Å². The van der Waals surface area contributed by atoms with Crippen LogP contribution < -0.4 is 10.2 Å². The van der Waals surface area contributed by atoms with Gasteiger partial charge in [0.25, 0.3) is 0 Å². The van der Waals surface area contributed by atoms with Gasteiger partial charge in [0.1, 0.15) is 0 Å². The molecular weight excluding hydrogens is 220 g/mol. The SMILES string of the molecule is Cc1cc(Cl)c2c(c1)C[C@@H]1CNC[C@@H](C)N21. The van der Waals surface area contributed by atoms with Crippen LogP contribution in [0, 0.1) is 6.92 Å². The third kappa shape index (κ3) is 1.44. The van der Waals surface area contributed by atoms with E-state index in [2.05, 4.69) is 36.2 Å². The second-order valence-electron chi connectivity index (χ2n) is 5.03. The molecule has 1 aromatic carbocycles. The third-order valence-corrected chi connectivity index (χ3v) is 3.98. The normalized spacial score (nSPS) is 27.8. The van der Waals surface area contributed by atoms with Crippen molar-refractivity contribution in [1.82, 2.24) is 5.32 Å². The molecule has 0 saturated carbocycles. The van der Waals surface area contributed by atoms with E-state index in [1.165, 1.54) is 16.8 Å². The largest absolute Gasteiger partial charge is 0.362 e. The van der Waals surface area contributed by atoms with Crippen LogP contribution in [0.25, 0.3) is 0 Å². The Kier molecular flexibility index (Phi) is 2.37. The van der Waals surface area contributed by atoms with Crippen LogP contribution in [0.2, 0.25) is 5.02 Å². The molecular formula is C13H17ClN2. The van der Waals surface area contributed by atoms with Crippen LogP contribution in [0.5, 0.6) is 0 Å². The minimum atomic E-state index is 0.542. The van der Waals surface area contributed by atoms with Crippen molar-refractivity contribution in [3.63, 3.8) is 0 Å². The fourth-order valence-corrected chi connectivity index (χ4v) is 3.49. The molecule has 0 radical (unpaired) electrons. The number of hydrogen-bond acceptors (Lipinski definition) is 2. The summed E-state index contributed by atoms with van der Waals surface area (Å²) in [4.78, 5) is 2.51. The summed E-state index contributed by atoms with van der Waals surface area (Å²) in [5.41, 5.74) is 3.97. The molecule has 0 amide bonds. The summed E-state index contributed by atoms with van der Waals surface area (Å²) < 4.78 is 0. The summed E-state index contributed by atoms with van der Waals surface area (Å²) in [7, 11) is 0. The smallest absolute Gasteiger partial charge is 0.0645 e. The summed E-state index contributed by atoms with van der Waals surface area (Å²) >= 11 is 6.40. The topological polar surface area (TPSA) is 15.3 Å². The number of piperazine rings is 1. The third-order valence-electron chi connectivity index (χ3n) is 3.69. The highest BCUT2D eigenvalue weighted by Gasteiger charge is 2.36. The van der Waals surface area contributed by atoms with E-state index in [4.69, 9.17) is 11.6 Å². The molecule has 1 saturated heterocycles. The van der Waals surface area contributed by atoms with E-state index in [1.54, 1.807) is 0 Å². The maximum Gasteiger partial charge on any atom is 0.0645 e. The first-order chi connectivity index (χ1) is 7.66. The lowest BCUT2D eigenvalue weighted by Gasteiger charge is -2.38. The van der Waals surface area contributed by atoms with E-state index in [0.29, 0.717) is 12.1 Å². The van der Waals surface area contributed by atoms with Crippen molar-refractivity contribution in [2.24, 2.45) is 0 Å². The van der Waals surface area contributed by atoms with Crippen molar-refractivity contribution >= 4 is 17.3 Å². The molecule has 0 bridgehead atoms. The molecule has 1 fully saturated rings. The number of nitrogens with zero attached hydrogens (tertiary/aromatic N) is 1. The van der Waals surface area contributed by atoms with Crippen molar-refractivity contribution < 1.29 is 0 Å². The van der Waals surface area contributed by atoms with Gasteiger partial charge in [-0.3, -0.25) is 0 Å². The predicted octanol–water partition coefficient (Wildman–Crippen LogP) is 2.37. The lowest BCUT2D eigenvalue weighted by atomic mass is 10.1. The fraction of sp³-hybridized carbons (Fsp3) is 0.538. The first-order valence-electron chi connectivity index (χ1n) is 5.95. The Hall–Kier alpha value is -0.730. The maximum atomic E-state index is 6.40. The molecule has 1 aromatic rings. The van der Waals surface area contributed by atoms with E-state index in [1.807, 2.05) is 0 Å². The van der Waals surface area contributed by atoms with Crippen molar-refractivity contribution in [3.05, 3.63) is 28.3 Å². The van der Waals surface area contributed by atoms with Gasteiger partial charge in [-0.1, -0.05) is 17.7 Å². The number of halogens is 1. The zero-order chi connectivity index (χ0) is 11.3. The van der Waals surface area contributed by atoms with Gasteiger partial charge in [0.05, 0.1) is 10.7 Å². The molecule has 2 nitrogen and oxygen atoms in total. The molecule has 16 heavy (non-hydrogen) atoms. The standard InChI is InChI=1S/C13H17ClN2/c1-8-3-10-5-11-7-15-6-9(2)16(11)13(10)12(14)4-8/h3-4,9,11,15H,5-7H2,1-2H3/t9-,11-/m1/s1. The summed E-state index contributed by atoms with van der Waals surface area (Å²) in [6.07, 6.45) is 1.13.